The van der Waals surface area contributed by atoms with Crippen LogP contribution in [0.2, 0.25) is 0 Å². The molecule has 0 aromatic carbocycles. The molecule has 1 aliphatic carbocycles. The molecule has 0 radical (unpaired) electrons. The van der Waals surface area contributed by atoms with Crippen molar-refractivity contribution in [3.05, 3.63) is 0 Å². The normalized spacial score (nSPS) is 28.4. The average molecular weight is 253 g/mol. The first-order valence-corrected chi connectivity index (χ1v) is 7.48. The number of hydrazone groups is 1. The number of hydrogen-bond donors (Lipinski definition) is 4. The van der Waals surface area contributed by atoms with Gasteiger partial charge in [0.1, 0.15) is 0 Å². The van der Waals surface area contributed by atoms with Gasteiger partial charge in [0.15, 0.2) is 0 Å². The Balaban J connectivity index is 1.79. The second-order valence-electron chi connectivity index (χ2n) is 5.49. The molecule has 0 spiro atoms. The molecule has 1 aliphatic heterocycles. The molecule has 1 heterocycles. The molecule has 0 saturated heterocycles. The molecule has 5 nitrogen and oxygen atoms in total. The molecule has 0 amide bonds. The van der Waals surface area contributed by atoms with E-state index in [0.717, 1.165) is 18.9 Å². The van der Waals surface area contributed by atoms with Crippen molar-refractivity contribution in [2.24, 2.45) is 11.0 Å². The standard InChI is InChI=1S/C13H27N5/c1-2-4-7-12-8-6-9-13(11-12)15-17-18-16-14-10-5-3-1/h12,14,16-18H,1-11H2. The van der Waals surface area contributed by atoms with E-state index in [0.29, 0.717) is 0 Å². The van der Waals surface area contributed by atoms with Gasteiger partial charge in [-0.1, -0.05) is 32.1 Å². The predicted molar refractivity (Wildman–Crippen MR) is 74.5 cm³/mol. The van der Waals surface area contributed by atoms with Crippen molar-refractivity contribution in [1.29, 1.82) is 0 Å². The van der Waals surface area contributed by atoms with Crippen molar-refractivity contribution >= 4 is 5.71 Å². The van der Waals surface area contributed by atoms with E-state index in [9.17, 15) is 0 Å². The van der Waals surface area contributed by atoms with E-state index in [4.69, 9.17) is 0 Å². The van der Waals surface area contributed by atoms with Crippen LogP contribution < -0.4 is 22.0 Å². The van der Waals surface area contributed by atoms with E-state index in [1.54, 1.807) is 0 Å². The summed E-state index contributed by atoms with van der Waals surface area (Å²) in [6.07, 6.45) is 13.1. The maximum Gasteiger partial charge on any atom is 0.0397 e. The molecular formula is C13H27N5. The van der Waals surface area contributed by atoms with Crippen LogP contribution in [-0.2, 0) is 0 Å². The monoisotopic (exact) mass is 253 g/mol. The SMILES string of the molecule is C1CCCNNNNN=C2CCCC(CCC1)C2. The van der Waals surface area contributed by atoms with Gasteiger partial charge in [0.25, 0.3) is 0 Å². The summed E-state index contributed by atoms with van der Waals surface area (Å²) in [6.45, 7) is 0.994. The fourth-order valence-electron chi connectivity index (χ4n) is 2.90. The minimum absolute atomic E-state index is 0.871. The maximum absolute atomic E-state index is 4.41. The van der Waals surface area contributed by atoms with Gasteiger partial charge in [-0.3, -0.25) is 0 Å². The summed E-state index contributed by atoms with van der Waals surface area (Å²) in [7, 11) is 0. The molecule has 5 heteroatoms. The zero-order chi connectivity index (χ0) is 12.5. The number of fused-ring (bicyclic) bond motifs is 2. The second-order valence-corrected chi connectivity index (χ2v) is 5.49. The van der Waals surface area contributed by atoms with Crippen LogP contribution >= 0.6 is 0 Å². The molecule has 18 heavy (non-hydrogen) atoms. The Morgan fingerprint density at radius 2 is 1.72 bits per heavy atom. The lowest BCUT2D eigenvalue weighted by molar-refractivity contribution is 0.370. The van der Waals surface area contributed by atoms with Crippen molar-refractivity contribution in [1.82, 2.24) is 22.0 Å². The van der Waals surface area contributed by atoms with Crippen molar-refractivity contribution in [2.45, 2.75) is 64.2 Å². The average Bonchev–Trinajstić information content (AvgIpc) is 2.40. The van der Waals surface area contributed by atoms with E-state index < -0.39 is 0 Å². The summed E-state index contributed by atoms with van der Waals surface area (Å²) >= 11 is 0. The van der Waals surface area contributed by atoms with Crippen LogP contribution in [0, 0.1) is 5.92 Å². The first-order chi connectivity index (χ1) is 8.95. The van der Waals surface area contributed by atoms with Crippen molar-refractivity contribution < 1.29 is 0 Å². The Morgan fingerprint density at radius 1 is 0.889 bits per heavy atom. The third kappa shape index (κ3) is 5.33. The summed E-state index contributed by atoms with van der Waals surface area (Å²) in [5.74, 6) is 0.871. The van der Waals surface area contributed by atoms with Crippen molar-refractivity contribution in [3.63, 3.8) is 0 Å². The summed E-state index contributed by atoms with van der Waals surface area (Å²) in [6, 6.07) is 0. The third-order valence-corrected chi connectivity index (χ3v) is 3.94. The smallest absolute Gasteiger partial charge is 0.0397 e. The summed E-state index contributed by atoms with van der Waals surface area (Å²) in [4.78, 5) is 0. The number of nitrogens with one attached hydrogen (secondary N) is 4. The minimum Gasteiger partial charge on any atom is -0.243 e. The number of rotatable bonds is 0. The maximum atomic E-state index is 4.41. The third-order valence-electron chi connectivity index (χ3n) is 3.94. The Morgan fingerprint density at radius 3 is 2.72 bits per heavy atom. The molecule has 4 N–H and O–H groups in total. The van der Waals surface area contributed by atoms with Gasteiger partial charge in [-0.25, -0.2) is 11.0 Å². The molecule has 2 bridgehead atoms. The van der Waals surface area contributed by atoms with Crippen LogP contribution in [0.3, 0.4) is 0 Å². The molecule has 1 fully saturated rings. The lowest BCUT2D eigenvalue weighted by Crippen LogP contribution is -2.49. The molecule has 2 aliphatic rings. The zero-order valence-corrected chi connectivity index (χ0v) is 11.3. The summed E-state index contributed by atoms with van der Waals surface area (Å²) < 4.78 is 0. The Hall–Kier alpha value is -0.650. The number of nitrogens with zero attached hydrogens (tertiary/aromatic N) is 1. The van der Waals surface area contributed by atoms with Crippen LogP contribution in [0.15, 0.2) is 5.10 Å². The van der Waals surface area contributed by atoms with Gasteiger partial charge in [0.2, 0.25) is 0 Å². The van der Waals surface area contributed by atoms with E-state index in [1.807, 2.05) is 0 Å². The highest BCUT2D eigenvalue weighted by molar-refractivity contribution is 5.85. The molecule has 1 saturated carbocycles. The van der Waals surface area contributed by atoms with Gasteiger partial charge in [-0.05, 0) is 38.0 Å². The Bertz CT molecular complexity index is 254. The van der Waals surface area contributed by atoms with E-state index in [2.05, 4.69) is 27.1 Å². The second kappa shape index (κ2) is 8.45. The minimum atomic E-state index is 0.871. The zero-order valence-electron chi connectivity index (χ0n) is 11.3. The topological polar surface area (TPSA) is 60.5 Å². The van der Waals surface area contributed by atoms with Crippen LogP contribution in [0.25, 0.3) is 0 Å². The Kier molecular flexibility index (Phi) is 6.47. The molecule has 1 unspecified atom stereocenters. The first kappa shape index (κ1) is 13.8. The van der Waals surface area contributed by atoms with Gasteiger partial charge in [0.05, 0.1) is 0 Å². The van der Waals surface area contributed by atoms with Crippen molar-refractivity contribution in [2.75, 3.05) is 6.54 Å². The molecule has 0 aromatic rings. The summed E-state index contributed by atoms with van der Waals surface area (Å²) in [5, 5.41) is 4.41. The quantitative estimate of drug-likeness (QED) is 0.533. The highest BCUT2D eigenvalue weighted by Gasteiger charge is 2.17. The van der Waals surface area contributed by atoms with Crippen LogP contribution in [0.5, 0.6) is 0 Å². The lowest BCUT2D eigenvalue weighted by Gasteiger charge is -2.23. The molecule has 104 valence electrons. The van der Waals surface area contributed by atoms with Gasteiger partial charge in [-0.2, -0.15) is 10.6 Å². The highest BCUT2D eigenvalue weighted by atomic mass is 15.8. The largest absolute Gasteiger partial charge is 0.243 e. The fourth-order valence-corrected chi connectivity index (χ4v) is 2.90. The van der Waals surface area contributed by atoms with Gasteiger partial charge in [0, 0.05) is 12.3 Å². The summed E-state index contributed by atoms with van der Waals surface area (Å²) in [5.41, 5.74) is 13.1. The van der Waals surface area contributed by atoms with Crippen LogP contribution in [0.1, 0.15) is 64.2 Å². The molecule has 2 rings (SSSR count). The van der Waals surface area contributed by atoms with Gasteiger partial charge in [-0.15, -0.1) is 5.53 Å². The predicted octanol–water partition coefficient (Wildman–Crippen LogP) is 1.99. The van der Waals surface area contributed by atoms with Crippen molar-refractivity contribution in [3.8, 4) is 0 Å². The van der Waals surface area contributed by atoms with Gasteiger partial charge < -0.3 is 0 Å². The molecule has 1 atom stereocenters. The molecular weight excluding hydrogens is 226 g/mol. The Labute approximate surface area is 110 Å². The number of hydrazine groups is 3. The number of hydrogen-bond acceptors (Lipinski definition) is 5. The highest BCUT2D eigenvalue weighted by Crippen LogP contribution is 2.26. The first-order valence-electron chi connectivity index (χ1n) is 7.48. The van der Waals surface area contributed by atoms with Gasteiger partial charge >= 0.3 is 0 Å². The lowest BCUT2D eigenvalue weighted by atomic mass is 9.84. The van der Waals surface area contributed by atoms with E-state index >= 15 is 0 Å². The van der Waals surface area contributed by atoms with Crippen LogP contribution in [0.4, 0.5) is 0 Å². The van der Waals surface area contributed by atoms with E-state index in [1.165, 1.54) is 63.5 Å². The molecule has 0 aromatic heterocycles. The fraction of sp³-hybridized carbons (Fsp3) is 0.923. The van der Waals surface area contributed by atoms with Crippen LogP contribution in [-0.4, -0.2) is 12.3 Å². The van der Waals surface area contributed by atoms with E-state index in [-0.39, 0.29) is 0 Å².